The van der Waals surface area contributed by atoms with Crippen LogP contribution in [0.4, 0.5) is 0 Å². The fourth-order valence-electron chi connectivity index (χ4n) is 8.20. The molecule has 2 amide bonds. The van der Waals surface area contributed by atoms with E-state index in [9.17, 15) is 19.2 Å². The minimum Gasteiger partial charge on any atom is -0.361 e. The highest BCUT2D eigenvalue weighted by atomic mass is 16.2. The van der Waals surface area contributed by atoms with E-state index >= 15 is 0 Å². The number of Topliss-reactive ketones (excluding diaryl/α,β-unsaturated/α-hetero) is 1. The Labute approximate surface area is 261 Å². The second kappa shape index (κ2) is 14.8. The van der Waals surface area contributed by atoms with Crippen molar-refractivity contribution in [3.63, 3.8) is 0 Å². The summed E-state index contributed by atoms with van der Waals surface area (Å²) >= 11 is 0. The van der Waals surface area contributed by atoms with E-state index in [4.69, 9.17) is 0 Å². The first-order chi connectivity index (χ1) is 21.3. The van der Waals surface area contributed by atoms with Crippen LogP contribution in [0.5, 0.6) is 0 Å². The molecule has 5 rings (SSSR count). The SMILES string of the molecule is CN[C@@H](Cc1c[nH]c2cc(C3CCC([C@@H](NC(=O)[C@H](NC)C4CCCCC4)C(C)=O)CC3)ccc12)C(=O)N1CCC[C@H]1C=O. The van der Waals surface area contributed by atoms with Gasteiger partial charge in [-0.1, -0.05) is 31.4 Å². The van der Waals surface area contributed by atoms with E-state index in [2.05, 4.69) is 39.1 Å². The topological polar surface area (TPSA) is 123 Å². The summed E-state index contributed by atoms with van der Waals surface area (Å²) in [5.41, 5.74) is 3.42. The number of nitrogens with one attached hydrogen (secondary N) is 4. The van der Waals surface area contributed by atoms with Crippen molar-refractivity contribution in [2.75, 3.05) is 20.6 Å². The number of aromatic amines is 1. The Bertz CT molecular complexity index is 1310. The van der Waals surface area contributed by atoms with E-state index in [-0.39, 0.29) is 41.6 Å². The van der Waals surface area contributed by atoms with Crippen LogP contribution in [0.25, 0.3) is 10.9 Å². The predicted molar refractivity (Wildman–Crippen MR) is 172 cm³/mol. The van der Waals surface area contributed by atoms with Crippen LogP contribution in [0.3, 0.4) is 0 Å². The van der Waals surface area contributed by atoms with Crippen LogP contribution in [0.15, 0.2) is 24.4 Å². The molecule has 2 saturated carbocycles. The lowest BCUT2D eigenvalue weighted by Gasteiger charge is -2.35. The minimum atomic E-state index is -0.429. The number of H-pyrrole nitrogens is 1. The molecule has 0 unspecified atom stereocenters. The third-order valence-corrected chi connectivity index (χ3v) is 10.8. The molecule has 1 aliphatic heterocycles. The number of benzene rings is 1. The van der Waals surface area contributed by atoms with Crippen molar-refractivity contribution in [1.29, 1.82) is 0 Å². The standard InChI is InChI=1S/C35H51N5O4/c1-22(42)32(39-34(43)33(37-3)24-8-5-4-6-9-24)25-13-11-23(12-14-25)26-15-16-29-27(20-38-30(29)18-26)19-31(36-2)35(44)40-17-7-10-28(40)21-41/h15-16,18,20-21,23-25,28,31-33,36-38H,4-14,17,19H2,1-3H3,(H,39,43)/t23?,25?,28-,31-,32-,33+/m0/s1. The Morgan fingerprint density at radius 1 is 0.932 bits per heavy atom. The maximum absolute atomic E-state index is 13.3. The number of amides is 2. The zero-order chi connectivity index (χ0) is 31.2. The number of fused-ring (bicyclic) bond motifs is 1. The Kier molecular flexibility index (Phi) is 10.9. The Hall–Kier alpha value is -3.04. The third-order valence-electron chi connectivity index (χ3n) is 10.8. The van der Waals surface area contributed by atoms with Gasteiger partial charge < -0.3 is 30.6 Å². The molecule has 2 heterocycles. The molecule has 9 heteroatoms. The van der Waals surface area contributed by atoms with Crippen molar-refractivity contribution >= 4 is 34.8 Å². The molecule has 0 radical (unpaired) electrons. The molecule has 0 bridgehead atoms. The van der Waals surface area contributed by atoms with Gasteiger partial charge in [0.1, 0.15) is 6.29 Å². The van der Waals surface area contributed by atoms with Crippen LogP contribution < -0.4 is 16.0 Å². The monoisotopic (exact) mass is 605 g/mol. The van der Waals surface area contributed by atoms with Crippen LogP contribution in [0.2, 0.25) is 0 Å². The van der Waals surface area contributed by atoms with Gasteiger partial charge >= 0.3 is 0 Å². The van der Waals surface area contributed by atoms with Gasteiger partial charge in [0.05, 0.1) is 24.2 Å². The molecule has 2 aliphatic carbocycles. The van der Waals surface area contributed by atoms with Crippen molar-refractivity contribution < 1.29 is 19.2 Å². The summed E-state index contributed by atoms with van der Waals surface area (Å²) in [4.78, 5) is 55.8. The number of aldehydes is 1. The first-order valence-electron chi connectivity index (χ1n) is 16.9. The van der Waals surface area contributed by atoms with Crippen molar-refractivity contribution in [2.24, 2.45) is 11.8 Å². The summed E-state index contributed by atoms with van der Waals surface area (Å²) in [5, 5.41) is 10.7. The van der Waals surface area contributed by atoms with Gasteiger partial charge in [-0.2, -0.15) is 0 Å². The van der Waals surface area contributed by atoms with Crippen molar-refractivity contribution in [3.05, 3.63) is 35.5 Å². The Morgan fingerprint density at radius 2 is 1.66 bits per heavy atom. The van der Waals surface area contributed by atoms with E-state index in [0.717, 1.165) is 74.1 Å². The van der Waals surface area contributed by atoms with E-state index < -0.39 is 6.04 Å². The number of likely N-dealkylation sites (tertiary alicyclic amines) is 1. The predicted octanol–water partition coefficient (Wildman–Crippen LogP) is 4.00. The van der Waals surface area contributed by atoms with Crippen molar-refractivity contribution in [2.45, 2.75) is 114 Å². The molecular formula is C35H51N5O4. The van der Waals surface area contributed by atoms with Crippen LogP contribution >= 0.6 is 0 Å². The van der Waals surface area contributed by atoms with E-state index in [1.165, 1.54) is 24.8 Å². The highest BCUT2D eigenvalue weighted by Gasteiger charge is 2.36. The summed E-state index contributed by atoms with van der Waals surface area (Å²) in [6.45, 7) is 2.25. The second-order valence-corrected chi connectivity index (χ2v) is 13.4. The number of hydrogen-bond donors (Lipinski definition) is 4. The molecule has 0 spiro atoms. The van der Waals surface area contributed by atoms with Gasteiger partial charge in [0.2, 0.25) is 11.8 Å². The molecule has 4 N–H and O–H groups in total. The number of carbonyl (C=O) groups is 4. The van der Waals surface area contributed by atoms with E-state index in [0.29, 0.717) is 24.8 Å². The first kappa shape index (κ1) is 32.4. The van der Waals surface area contributed by atoms with Crippen LogP contribution in [-0.4, -0.2) is 78.6 Å². The smallest absolute Gasteiger partial charge is 0.240 e. The quantitative estimate of drug-likeness (QED) is 0.271. The average Bonchev–Trinajstić information content (AvgIpc) is 3.70. The van der Waals surface area contributed by atoms with Gasteiger partial charge in [0.15, 0.2) is 5.78 Å². The average molecular weight is 606 g/mol. The molecular weight excluding hydrogens is 554 g/mol. The molecule has 2 aromatic rings. The fourth-order valence-corrected chi connectivity index (χ4v) is 8.20. The van der Waals surface area contributed by atoms with Crippen molar-refractivity contribution in [1.82, 2.24) is 25.8 Å². The summed E-state index contributed by atoms with van der Waals surface area (Å²) in [6.07, 6.45) is 14.5. The molecule has 3 fully saturated rings. The van der Waals surface area contributed by atoms with E-state index in [1.807, 2.05) is 13.2 Å². The summed E-state index contributed by atoms with van der Waals surface area (Å²) in [7, 11) is 3.66. The van der Waals surface area contributed by atoms with Crippen molar-refractivity contribution in [3.8, 4) is 0 Å². The van der Waals surface area contributed by atoms with Crippen LogP contribution in [0.1, 0.15) is 94.6 Å². The third kappa shape index (κ3) is 7.09. The largest absolute Gasteiger partial charge is 0.361 e. The maximum atomic E-state index is 13.3. The zero-order valence-electron chi connectivity index (χ0n) is 26.7. The Balaban J connectivity index is 1.19. The van der Waals surface area contributed by atoms with Gasteiger partial charge in [-0.3, -0.25) is 14.4 Å². The highest BCUT2D eigenvalue weighted by Crippen LogP contribution is 2.38. The maximum Gasteiger partial charge on any atom is 0.240 e. The normalized spacial score (nSPS) is 25.0. The first-order valence-corrected chi connectivity index (χ1v) is 16.9. The lowest BCUT2D eigenvalue weighted by atomic mass is 9.75. The molecule has 240 valence electrons. The molecule has 1 aromatic carbocycles. The zero-order valence-corrected chi connectivity index (χ0v) is 26.7. The van der Waals surface area contributed by atoms with Crippen LogP contribution in [0, 0.1) is 11.8 Å². The number of ketones is 1. The summed E-state index contributed by atoms with van der Waals surface area (Å²) in [6, 6.07) is 5.23. The highest BCUT2D eigenvalue weighted by molar-refractivity contribution is 5.90. The molecule has 9 nitrogen and oxygen atoms in total. The number of nitrogens with zero attached hydrogens (tertiary/aromatic N) is 1. The number of likely N-dealkylation sites (N-methyl/N-ethyl adjacent to an activating group) is 2. The van der Waals surface area contributed by atoms with Gasteiger partial charge in [-0.15, -0.1) is 0 Å². The minimum absolute atomic E-state index is 0.0136. The lowest BCUT2D eigenvalue weighted by molar-refractivity contribution is -0.136. The number of hydrogen-bond acceptors (Lipinski definition) is 6. The van der Waals surface area contributed by atoms with Gasteiger partial charge in [-0.05, 0) is 114 Å². The number of carbonyl (C=O) groups excluding carboxylic acids is 4. The fraction of sp³-hybridized carbons (Fsp3) is 0.657. The lowest BCUT2D eigenvalue weighted by Crippen LogP contribution is -2.54. The Morgan fingerprint density at radius 3 is 2.32 bits per heavy atom. The van der Waals surface area contributed by atoms with Gasteiger partial charge in [0, 0.05) is 23.6 Å². The molecule has 3 aliphatic rings. The molecule has 44 heavy (non-hydrogen) atoms. The molecule has 1 aromatic heterocycles. The number of rotatable bonds is 12. The van der Waals surface area contributed by atoms with Gasteiger partial charge in [-0.25, -0.2) is 0 Å². The molecule has 4 atom stereocenters. The summed E-state index contributed by atoms with van der Waals surface area (Å²) in [5.74, 6) is 0.902. The molecule has 1 saturated heterocycles. The van der Waals surface area contributed by atoms with Gasteiger partial charge in [0.25, 0.3) is 0 Å². The van der Waals surface area contributed by atoms with E-state index in [1.54, 1.807) is 18.9 Å². The second-order valence-electron chi connectivity index (χ2n) is 13.4. The number of aromatic nitrogens is 1. The summed E-state index contributed by atoms with van der Waals surface area (Å²) < 4.78 is 0. The van der Waals surface area contributed by atoms with Crippen LogP contribution in [-0.2, 0) is 25.6 Å².